The van der Waals surface area contributed by atoms with Gasteiger partial charge in [-0.05, 0) is 55.0 Å². The van der Waals surface area contributed by atoms with E-state index in [4.69, 9.17) is 39.7 Å². The van der Waals surface area contributed by atoms with Crippen molar-refractivity contribution in [3.8, 4) is 0 Å². The zero-order valence-electron chi connectivity index (χ0n) is 24.3. The van der Waals surface area contributed by atoms with Gasteiger partial charge in [-0.3, -0.25) is 0 Å². The van der Waals surface area contributed by atoms with Crippen LogP contribution >= 0.6 is 0 Å². The maximum Gasteiger partial charge on any atom is 0.338 e. The number of esters is 4. The molecule has 14 heteroatoms. The Hall–Kier alpha value is -4.05. The molecule has 14 nitrogen and oxygen atoms in total. The molecule has 0 heterocycles. The Kier molecular flexibility index (Phi) is 30.7. The van der Waals surface area contributed by atoms with E-state index in [0.717, 1.165) is 6.42 Å². The summed E-state index contributed by atoms with van der Waals surface area (Å²) in [6.07, 6.45) is 0.875. The van der Waals surface area contributed by atoms with Crippen LogP contribution in [0.25, 0.3) is 0 Å². The van der Waals surface area contributed by atoms with E-state index in [9.17, 15) is 19.2 Å². The summed E-state index contributed by atoms with van der Waals surface area (Å²) in [6.45, 7) is 1.76. The standard InChI is InChI=1S/C12H14O6.C12H13O5.C3H8O.C2H6O2.CH4/c13-5-7-17-11(15)9-1-2-10(4-3-9)12(16)18-8-6-14;1-15-7-8-17-12(14)10-5-3-9(4-6-10)11(13)16-2;1-2-3-4;3-1-2-4;/h1-4,13-14H,5-8H2;3-6H,1,7-8H2,2H3;4H,2-3H2,1H3;3-4H,1-2H2;1H4/q;+1;;;. The van der Waals surface area contributed by atoms with E-state index in [1.165, 1.54) is 55.6 Å². The molecule has 0 aliphatic carbocycles. The van der Waals surface area contributed by atoms with Crippen LogP contribution in [0.2, 0.25) is 0 Å². The first-order valence-electron chi connectivity index (χ1n) is 12.9. The fraction of sp³-hybridized carbons (Fsp3) is 0.433. The van der Waals surface area contributed by atoms with Crippen molar-refractivity contribution < 1.29 is 68.4 Å². The van der Waals surface area contributed by atoms with Crippen LogP contribution in [0.3, 0.4) is 0 Å². The first-order valence-corrected chi connectivity index (χ1v) is 12.9. The van der Waals surface area contributed by atoms with Gasteiger partial charge in [0.1, 0.15) is 26.4 Å². The van der Waals surface area contributed by atoms with Gasteiger partial charge in [-0.2, -0.15) is 4.74 Å². The summed E-state index contributed by atoms with van der Waals surface area (Å²) in [5, 5.41) is 40.1. The topological polar surface area (TPSA) is 216 Å². The number of carbonyl (C=O) groups excluding carboxylic acids is 4. The Morgan fingerprint density at radius 3 is 1.07 bits per heavy atom. The van der Waals surface area contributed by atoms with Crippen molar-refractivity contribution in [1.82, 2.24) is 0 Å². The Morgan fingerprint density at radius 1 is 0.545 bits per heavy atom. The zero-order chi connectivity index (χ0) is 32.9. The largest absolute Gasteiger partial charge is 0.465 e. The molecule has 0 aromatic heterocycles. The average molecular weight is 630 g/mol. The highest BCUT2D eigenvalue weighted by molar-refractivity contribution is 5.94. The Labute approximate surface area is 257 Å². The van der Waals surface area contributed by atoms with Crippen molar-refractivity contribution in [2.75, 3.05) is 66.6 Å². The predicted molar refractivity (Wildman–Crippen MR) is 159 cm³/mol. The minimum atomic E-state index is -0.570. The second-order valence-electron chi connectivity index (χ2n) is 7.58. The van der Waals surface area contributed by atoms with Crippen LogP contribution in [0, 0.1) is 7.11 Å². The van der Waals surface area contributed by atoms with Crippen molar-refractivity contribution >= 4 is 23.9 Å². The van der Waals surface area contributed by atoms with Crippen LogP contribution in [0.15, 0.2) is 48.5 Å². The van der Waals surface area contributed by atoms with Gasteiger partial charge in [-0.25, -0.2) is 19.2 Å². The van der Waals surface area contributed by atoms with Crippen LogP contribution in [-0.4, -0.2) is 116 Å². The molecular weight excluding hydrogens is 584 g/mol. The lowest BCUT2D eigenvalue weighted by molar-refractivity contribution is 0.0413. The molecule has 44 heavy (non-hydrogen) atoms. The predicted octanol–water partition coefficient (Wildman–Crippen LogP) is 1.42. The number of aliphatic hydroxyl groups is 5. The fourth-order valence-electron chi connectivity index (χ4n) is 2.32. The quantitative estimate of drug-likeness (QED) is 0.0917. The van der Waals surface area contributed by atoms with Gasteiger partial charge in [-0.15, -0.1) is 0 Å². The van der Waals surface area contributed by atoms with E-state index in [0.29, 0.717) is 17.7 Å². The van der Waals surface area contributed by atoms with Crippen molar-refractivity contribution in [1.29, 1.82) is 0 Å². The molecule has 0 amide bonds. The van der Waals surface area contributed by atoms with Crippen molar-refractivity contribution in [3.05, 3.63) is 77.9 Å². The van der Waals surface area contributed by atoms with Gasteiger partial charge in [0.15, 0.2) is 0 Å². The number of methoxy groups -OCH3 is 1. The molecule has 2 aromatic carbocycles. The molecule has 0 aliphatic rings. The van der Waals surface area contributed by atoms with Gasteiger partial charge < -0.3 is 44.5 Å². The van der Waals surface area contributed by atoms with E-state index in [2.05, 4.69) is 16.6 Å². The first-order chi connectivity index (χ1) is 20.7. The number of rotatable bonds is 13. The normalized spacial score (nSPS) is 9.16. The maximum atomic E-state index is 11.5. The SMILES string of the molecule is C.CCCO.O=C(OCCO)c1ccc(C(=O)OCCO)cc1.OCCO.[CH2+]OCCOC(=O)c1ccc(C(=O)OC)cc1. The molecule has 2 aromatic rings. The lowest BCUT2D eigenvalue weighted by Crippen LogP contribution is -2.11. The minimum absolute atomic E-state index is 0. The number of hydrogen-bond acceptors (Lipinski definition) is 14. The maximum absolute atomic E-state index is 11.5. The summed E-state index contributed by atoms with van der Waals surface area (Å²) in [5.74, 6) is -2.06. The third kappa shape index (κ3) is 21.6. The van der Waals surface area contributed by atoms with Crippen LogP contribution in [0.1, 0.15) is 62.2 Å². The smallest absolute Gasteiger partial charge is 0.338 e. The Morgan fingerprint density at radius 2 is 0.841 bits per heavy atom. The minimum Gasteiger partial charge on any atom is -0.465 e. The average Bonchev–Trinajstić information content (AvgIpc) is 3.06. The van der Waals surface area contributed by atoms with Gasteiger partial charge in [0.2, 0.25) is 7.11 Å². The van der Waals surface area contributed by atoms with Gasteiger partial charge in [0.25, 0.3) is 0 Å². The van der Waals surface area contributed by atoms with Crippen LogP contribution in [0.5, 0.6) is 0 Å². The molecule has 0 saturated heterocycles. The highest BCUT2D eigenvalue weighted by Gasteiger charge is 2.11. The molecule has 0 radical (unpaired) electrons. The van der Waals surface area contributed by atoms with Crippen LogP contribution in [0.4, 0.5) is 0 Å². The number of hydrogen-bond donors (Lipinski definition) is 5. The molecule has 0 bridgehead atoms. The molecular formula is C30H45O14+. The summed E-state index contributed by atoms with van der Waals surface area (Å²) < 4.78 is 23.3. The van der Waals surface area contributed by atoms with Gasteiger partial charge in [0, 0.05) is 6.61 Å². The molecule has 0 atom stereocenters. The second-order valence-corrected chi connectivity index (χ2v) is 7.58. The monoisotopic (exact) mass is 629 g/mol. The number of benzene rings is 2. The van der Waals surface area contributed by atoms with Crippen molar-refractivity contribution in [2.45, 2.75) is 20.8 Å². The Bertz CT molecular complexity index is 960. The summed E-state index contributed by atoms with van der Waals surface area (Å²) in [4.78, 5) is 45.3. The van der Waals surface area contributed by atoms with E-state index in [1.807, 2.05) is 6.92 Å². The Balaban J connectivity index is -0.000000603. The molecule has 5 N–H and O–H groups in total. The van der Waals surface area contributed by atoms with Gasteiger partial charge in [-0.1, -0.05) is 14.4 Å². The summed E-state index contributed by atoms with van der Waals surface area (Å²) in [7, 11) is 4.45. The van der Waals surface area contributed by atoms with E-state index in [-0.39, 0.29) is 71.4 Å². The summed E-state index contributed by atoms with van der Waals surface area (Å²) in [6, 6.07) is 11.7. The lowest BCUT2D eigenvalue weighted by Gasteiger charge is -2.05. The molecule has 0 spiro atoms. The highest BCUT2D eigenvalue weighted by Crippen LogP contribution is 2.08. The highest BCUT2D eigenvalue weighted by atomic mass is 16.6. The first kappa shape index (κ1) is 44.4. The molecule has 2 rings (SSSR count). The molecule has 0 fully saturated rings. The van der Waals surface area contributed by atoms with Crippen molar-refractivity contribution in [3.63, 3.8) is 0 Å². The lowest BCUT2D eigenvalue weighted by atomic mass is 10.1. The van der Waals surface area contributed by atoms with E-state index in [1.54, 1.807) is 0 Å². The fourth-order valence-corrected chi connectivity index (χ4v) is 2.32. The number of aliphatic hydroxyl groups excluding tert-OH is 5. The van der Waals surface area contributed by atoms with E-state index < -0.39 is 23.9 Å². The summed E-state index contributed by atoms with van der Waals surface area (Å²) in [5.41, 5.74) is 1.30. The molecule has 0 unspecified atom stereocenters. The molecule has 248 valence electrons. The zero-order valence-corrected chi connectivity index (χ0v) is 24.3. The second kappa shape index (κ2) is 30.4. The van der Waals surface area contributed by atoms with Gasteiger partial charge in [0.05, 0.1) is 55.8 Å². The van der Waals surface area contributed by atoms with Gasteiger partial charge >= 0.3 is 23.9 Å². The number of ether oxygens (including phenoxy) is 5. The van der Waals surface area contributed by atoms with Crippen molar-refractivity contribution in [2.24, 2.45) is 0 Å². The summed E-state index contributed by atoms with van der Waals surface area (Å²) >= 11 is 0. The third-order valence-electron chi connectivity index (χ3n) is 4.33. The van der Waals surface area contributed by atoms with Crippen LogP contribution < -0.4 is 0 Å². The molecule has 0 saturated carbocycles. The van der Waals surface area contributed by atoms with E-state index >= 15 is 0 Å². The third-order valence-corrected chi connectivity index (χ3v) is 4.33. The molecule has 0 aliphatic heterocycles. The van der Waals surface area contributed by atoms with Crippen LogP contribution in [-0.2, 0) is 23.7 Å². The number of carbonyl (C=O) groups is 4.